The second-order valence-corrected chi connectivity index (χ2v) is 7.69. The van der Waals surface area contributed by atoms with Gasteiger partial charge in [-0.25, -0.2) is 4.79 Å². The molecule has 1 fully saturated rings. The van der Waals surface area contributed by atoms with Gasteiger partial charge in [-0.1, -0.05) is 34.1 Å². The third kappa shape index (κ3) is 5.36. The van der Waals surface area contributed by atoms with Crippen LogP contribution in [0, 0.1) is 0 Å². The van der Waals surface area contributed by atoms with E-state index in [1.165, 1.54) is 0 Å². The van der Waals surface area contributed by atoms with Gasteiger partial charge in [0.1, 0.15) is 5.75 Å². The van der Waals surface area contributed by atoms with Crippen LogP contribution in [-0.4, -0.2) is 38.3 Å². The van der Waals surface area contributed by atoms with E-state index < -0.39 is 11.4 Å². The van der Waals surface area contributed by atoms with Gasteiger partial charge >= 0.3 is 5.97 Å². The fraction of sp³-hybridized carbons (Fsp3) is 0.364. The highest BCUT2D eigenvalue weighted by atomic mass is 79.9. The van der Waals surface area contributed by atoms with Crippen molar-refractivity contribution in [2.75, 3.05) is 31.7 Å². The number of rotatable bonds is 7. The van der Waals surface area contributed by atoms with E-state index in [0.29, 0.717) is 44.1 Å². The molecule has 3 rings (SSSR count). The second kappa shape index (κ2) is 9.89. The molecule has 29 heavy (non-hydrogen) atoms. The summed E-state index contributed by atoms with van der Waals surface area (Å²) in [4.78, 5) is 24.8. The summed E-state index contributed by atoms with van der Waals surface area (Å²) >= 11 is 3.45. The summed E-state index contributed by atoms with van der Waals surface area (Å²) in [5, 5.41) is 3.02. The SMILES string of the molecule is CCOC(=O)COc1cccc(NC(=O)C2(c3ccc(Br)cc3)CCOCC2)c1. The second-order valence-electron chi connectivity index (χ2n) is 6.78. The molecule has 0 radical (unpaired) electrons. The Labute approximate surface area is 178 Å². The first kappa shape index (κ1) is 21.3. The Morgan fingerprint density at radius 3 is 2.55 bits per heavy atom. The highest BCUT2D eigenvalue weighted by Crippen LogP contribution is 2.37. The van der Waals surface area contributed by atoms with Crippen molar-refractivity contribution in [1.82, 2.24) is 0 Å². The topological polar surface area (TPSA) is 73.9 Å². The van der Waals surface area contributed by atoms with Crippen LogP contribution in [-0.2, 0) is 24.5 Å². The fourth-order valence-electron chi connectivity index (χ4n) is 3.39. The summed E-state index contributed by atoms with van der Waals surface area (Å²) in [6.07, 6.45) is 1.22. The van der Waals surface area contributed by atoms with Crippen LogP contribution in [0.2, 0.25) is 0 Å². The lowest BCUT2D eigenvalue weighted by Gasteiger charge is -2.36. The highest BCUT2D eigenvalue weighted by molar-refractivity contribution is 9.10. The molecule has 6 nitrogen and oxygen atoms in total. The highest BCUT2D eigenvalue weighted by Gasteiger charge is 2.41. The Morgan fingerprint density at radius 1 is 1.14 bits per heavy atom. The predicted octanol–water partition coefficient (Wildman–Crippen LogP) is 4.08. The molecule has 1 amide bonds. The third-order valence-corrected chi connectivity index (χ3v) is 5.46. The minimum absolute atomic E-state index is 0.0781. The quantitative estimate of drug-likeness (QED) is 0.628. The summed E-state index contributed by atoms with van der Waals surface area (Å²) in [5.74, 6) is -0.0236. The smallest absolute Gasteiger partial charge is 0.344 e. The minimum Gasteiger partial charge on any atom is -0.482 e. The fourth-order valence-corrected chi connectivity index (χ4v) is 3.66. The van der Waals surface area contributed by atoms with Crippen LogP contribution in [0.4, 0.5) is 5.69 Å². The predicted molar refractivity (Wildman–Crippen MR) is 113 cm³/mol. The molecular weight excluding hydrogens is 438 g/mol. The van der Waals surface area contributed by atoms with Gasteiger partial charge in [0.25, 0.3) is 0 Å². The summed E-state index contributed by atoms with van der Waals surface area (Å²) in [6.45, 7) is 2.94. The van der Waals surface area contributed by atoms with Crippen LogP contribution in [0.25, 0.3) is 0 Å². The first-order valence-corrected chi connectivity index (χ1v) is 10.4. The van der Waals surface area contributed by atoms with Gasteiger partial charge in [-0.15, -0.1) is 0 Å². The molecule has 7 heteroatoms. The lowest BCUT2D eigenvalue weighted by atomic mass is 9.73. The molecule has 0 saturated carbocycles. The molecule has 1 N–H and O–H groups in total. The van der Waals surface area contributed by atoms with Gasteiger partial charge in [-0.05, 0) is 49.6 Å². The van der Waals surface area contributed by atoms with Crippen LogP contribution < -0.4 is 10.1 Å². The van der Waals surface area contributed by atoms with Crippen molar-refractivity contribution < 1.29 is 23.8 Å². The van der Waals surface area contributed by atoms with E-state index in [9.17, 15) is 9.59 Å². The van der Waals surface area contributed by atoms with Crippen LogP contribution in [0.15, 0.2) is 53.0 Å². The van der Waals surface area contributed by atoms with Crippen LogP contribution in [0.3, 0.4) is 0 Å². The van der Waals surface area contributed by atoms with Gasteiger partial charge in [0.2, 0.25) is 5.91 Å². The maximum Gasteiger partial charge on any atom is 0.344 e. The van der Waals surface area contributed by atoms with Gasteiger partial charge in [-0.2, -0.15) is 0 Å². The number of benzene rings is 2. The maximum absolute atomic E-state index is 13.3. The number of amides is 1. The zero-order valence-electron chi connectivity index (χ0n) is 16.3. The monoisotopic (exact) mass is 461 g/mol. The number of esters is 1. The summed E-state index contributed by atoms with van der Waals surface area (Å²) in [5.41, 5.74) is 0.927. The average molecular weight is 462 g/mol. The number of ether oxygens (including phenoxy) is 3. The van der Waals surface area contributed by atoms with Crippen LogP contribution in [0.1, 0.15) is 25.3 Å². The lowest BCUT2D eigenvalue weighted by molar-refractivity contribution is -0.145. The summed E-state index contributed by atoms with van der Waals surface area (Å²) in [6, 6.07) is 14.9. The van der Waals surface area contributed by atoms with Gasteiger partial charge in [0.05, 0.1) is 12.0 Å². The maximum atomic E-state index is 13.3. The standard InChI is InChI=1S/C22H24BrNO5/c1-2-28-20(25)15-29-19-5-3-4-18(14-19)24-21(26)22(10-12-27-13-11-22)16-6-8-17(23)9-7-16/h3-9,14H,2,10-13,15H2,1H3,(H,24,26). The first-order chi connectivity index (χ1) is 14.0. The van der Waals surface area contributed by atoms with E-state index in [2.05, 4.69) is 21.2 Å². The molecule has 1 heterocycles. The number of nitrogens with one attached hydrogen (secondary N) is 1. The molecular formula is C22H24BrNO5. The van der Waals surface area contributed by atoms with Gasteiger partial charge in [-0.3, -0.25) is 4.79 Å². The number of hydrogen-bond donors (Lipinski definition) is 1. The Hall–Kier alpha value is -2.38. The van der Waals surface area contributed by atoms with E-state index in [-0.39, 0.29) is 12.5 Å². The lowest BCUT2D eigenvalue weighted by Crippen LogP contribution is -2.44. The van der Waals surface area contributed by atoms with Crippen molar-refractivity contribution in [2.45, 2.75) is 25.2 Å². The van der Waals surface area contributed by atoms with E-state index >= 15 is 0 Å². The van der Waals surface area contributed by atoms with E-state index in [1.807, 2.05) is 24.3 Å². The Kier molecular flexibility index (Phi) is 7.28. The largest absolute Gasteiger partial charge is 0.482 e. The minimum atomic E-state index is -0.652. The zero-order chi connectivity index (χ0) is 20.7. The summed E-state index contributed by atoms with van der Waals surface area (Å²) in [7, 11) is 0. The molecule has 2 aromatic rings. The van der Waals surface area contributed by atoms with E-state index in [4.69, 9.17) is 14.2 Å². The molecule has 0 spiro atoms. The van der Waals surface area contributed by atoms with Gasteiger partial charge in [0, 0.05) is 29.4 Å². The molecule has 0 aliphatic carbocycles. The zero-order valence-corrected chi connectivity index (χ0v) is 17.9. The van der Waals surface area contributed by atoms with Crippen molar-refractivity contribution in [3.8, 4) is 5.75 Å². The van der Waals surface area contributed by atoms with Gasteiger partial charge in [0.15, 0.2) is 6.61 Å². The Morgan fingerprint density at radius 2 is 1.86 bits per heavy atom. The molecule has 1 saturated heterocycles. The van der Waals surface area contributed by atoms with Crippen molar-refractivity contribution >= 4 is 33.5 Å². The number of carbonyl (C=O) groups is 2. The molecule has 1 aliphatic rings. The Bertz CT molecular complexity index is 847. The first-order valence-electron chi connectivity index (χ1n) is 9.57. The average Bonchev–Trinajstić information content (AvgIpc) is 2.74. The molecule has 0 bridgehead atoms. The third-order valence-electron chi connectivity index (χ3n) is 4.93. The number of halogens is 1. The molecule has 0 atom stereocenters. The molecule has 0 unspecified atom stereocenters. The van der Waals surface area contributed by atoms with Crippen molar-refractivity contribution in [2.24, 2.45) is 0 Å². The van der Waals surface area contributed by atoms with Crippen LogP contribution in [0.5, 0.6) is 5.75 Å². The Balaban J connectivity index is 1.75. The molecule has 1 aliphatic heterocycles. The van der Waals surface area contributed by atoms with E-state index in [1.54, 1.807) is 31.2 Å². The molecule has 2 aromatic carbocycles. The van der Waals surface area contributed by atoms with Crippen molar-refractivity contribution in [3.05, 3.63) is 58.6 Å². The molecule has 154 valence electrons. The summed E-state index contributed by atoms with van der Waals surface area (Å²) < 4.78 is 16.8. The molecule has 0 aromatic heterocycles. The van der Waals surface area contributed by atoms with Gasteiger partial charge < -0.3 is 19.5 Å². The number of carbonyl (C=O) groups excluding carboxylic acids is 2. The van der Waals surface area contributed by atoms with Crippen molar-refractivity contribution in [3.63, 3.8) is 0 Å². The van der Waals surface area contributed by atoms with Crippen LogP contribution >= 0.6 is 15.9 Å². The van der Waals surface area contributed by atoms with Crippen molar-refractivity contribution in [1.29, 1.82) is 0 Å². The normalized spacial score (nSPS) is 15.4. The number of hydrogen-bond acceptors (Lipinski definition) is 5. The number of anilines is 1. The van der Waals surface area contributed by atoms with E-state index in [0.717, 1.165) is 10.0 Å².